The Balaban J connectivity index is 1.78. The standard InChI is InChI=1S/C18H25N3O4/c1-12(17(23)24)13-6-5-9-15(10-13)20-16(22)11-19-18(25)21-14-7-3-2-4-8-14/h5-6,9-10,12,14H,2-4,7-8,11H2,1H3,(H,20,22)(H,23,24)(H2,19,21,25). The van der Waals surface area contributed by atoms with Crippen molar-refractivity contribution in [2.24, 2.45) is 0 Å². The first kappa shape index (κ1) is 18.8. The topological polar surface area (TPSA) is 108 Å². The molecule has 1 atom stereocenters. The molecule has 0 radical (unpaired) electrons. The molecule has 1 aliphatic rings. The number of nitrogens with one attached hydrogen (secondary N) is 3. The average molecular weight is 347 g/mol. The zero-order valence-electron chi connectivity index (χ0n) is 14.4. The predicted molar refractivity (Wildman–Crippen MR) is 94.5 cm³/mol. The quantitative estimate of drug-likeness (QED) is 0.634. The fourth-order valence-electron chi connectivity index (χ4n) is 2.88. The third-order valence-corrected chi connectivity index (χ3v) is 4.39. The lowest BCUT2D eigenvalue weighted by molar-refractivity contribution is -0.138. The molecule has 1 saturated carbocycles. The number of urea groups is 1. The van der Waals surface area contributed by atoms with Crippen LogP contribution in [0.3, 0.4) is 0 Å². The average Bonchev–Trinajstić information content (AvgIpc) is 2.60. The van der Waals surface area contributed by atoms with E-state index in [1.165, 1.54) is 6.42 Å². The van der Waals surface area contributed by atoms with E-state index in [9.17, 15) is 14.4 Å². The first-order valence-electron chi connectivity index (χ1n) is 8.62. The van der Waals surface area contributed by atoms with E-state index in [-0.39, 0.29) is 24.5 Å². The molecule has 25 heavy (non-hydrogen) atoms. The smallest absolute Gasteiger partial charge is 0.315 e. The van der Waals surface area contributed by atoms with Crippen LogP contribution in [0, 0.1) is 0 Å². The van der Waals surface area contributed by atoms with Crippen LogP contribution in [0.1, 0.15) is 50.5 Å². The summed E-state index contributed by atoms with van der Waals surface area (Å²) in [5.74, 6) is -1.94. The van der Waals surface area contributed by atoms with Crippen molar-refractivity contribution in [2.45, 2.75) is 51.0 Å². The minimum absolute atomic E-state index is 0.142. The van der Waals surface area contributed by atoms with Gasteiger partial charge in [0.2, 0.25) is 5.91 Å². The second kappa shape index (κ2) is 9.05. The molecule has 0 aromatic heterocycles. The third-order valence-electron chi connectivity index (χ3n) is 4.39. The van der Waals surface area contributed by atoms with Gasteiger partial charge in [-0.1, -0.05) is 31.4 Å². The van der Waals surface area contributed by atoms with Gasteiger partial charge in [-0.15, -0.1) is 0 Å². The van der Waals surface area contributed by atoms with E-state index in [0.29, 0.717) is 11.3 Å². The van der Waals surface area contributed by atoms with Crippen molar-refractivity contribution in [3.05, 3.63) is 29.8 Å². The van der Waals surface area contributed by atoms with Crippen LogP contribution in [-0.2, 0) is 9.59 Å². The van der Waals surface area contributed by atoms with Crippen molar-refractivity contribution in [2.75, 3.05) is 11.9 Å². The van der Waals surface area contributed by atoms with Gasteiger partial charge in [0.1, 0.15) is 0 Å². The van der Waals surface area contributed by atoms with Crippen LogP contribution in [0.4, 0.5) is 10.5 Å². The van der Waals surface area contributed by atoms with E-state index in [4.69, 9.17) is 5.11 Å². The maximum absolute atomic E-state index is 12.0. The van der Waals surface area contributed by atoms with Gasteiger partial charge in [0.25, 0.3) is 0 Å². The lowest BCUT2D eigenvalue weighted by Crippen LogP contribution is -2.45. The van der Waals surface area contributed by atoms with Crippen molar-refractivity contribution in [3.63, 3.8) is 0 Å². The Labute approximate surface area is 147 Å². The van der Waals surface area contributed by atoms with Gasteiger partial charge >= 0.3 is 12.0 Å². The number of amides is 3. The lowest BCUT2D eigenvalue weighted by Gasteiger charge is -2.22. The second-order valence-electron chi connectivity index (χ2n) is 6.40. The first-order chi connectivity index (χ1) is 12.0. The molecular weight excluding hydrogens is 322 g/mol. The van der Waals surface area contributed by atoms with E-state index in [1.54, 1.807) is 31.2 Å². The Morgan fingerprint density at radius 2 is 1.92 bits per heavy atom. The summed E-state index contributed by atoms with van der Waals surface area (Å²) >= 11 is 0. The van der Waals surface area contributed by atoms with Gasteiger partial charge in [-0.25, -0.2) is 4.79 Å². The van der Waals surface area contributed by atoms with Crippen molar-refractivity contribution in [3.8, 4) is 0 Å². The molecule has 3 amide bonds. The summed E-state index contributed by atoms with van der Waals surface area (Å²) in [6.07, 6.45) is 5.41. The number of anilines is 1. The highest BCUT2D eigenvalue weighted by Crippen LogP contribution is 2.19. The highest BCUT2D eigenvalue weighted by atomic mass is 16.4. The van der Waals surface area contributed by atoms with Crippen LogP contribution in [0.15, 0.2) is 24.3 Å². The number of carboxylic acid groups (broad SMARTS) is 1. The summed E-state index contributed by atoms with van der Waals surface area (Å²) in [4.78, 5) is 34.8. The largest absolute Gasteiger partial charge is 0.481 e. The maximum atomic E-state index is 12.0. The van der Waals surface area contributed by atoms with Gasteiger partial charge < -0.3 is 21.1 Å². The number of aliphatic carboxylic acids is 1. The molecule has 0 saturated heterocycles. The summed E-state index contributed by atoms with van der Waals surface area (Å²) in [5, 5.41) is 17.1. The lowest BCUT2D eigenvalue weighted by atomic mass is 9.96. The van der Waals surface area contributed by atoms with Gasteiger partial charge in [0.15, 0.2) is 0 Å². The highest BCUT2D eigenvalue weighted by molar-refractivity contribution is 5.94. The Bertz CT molecular complexity index is 627. The molecule has 1 unspecified atom stereocenters. The predicted octanol–water partition coefficient (Wildman–Crippen LogP) is 2.45. The SMILES string of the molecule is CC(C(=O)O)c1cccc(NC(=O)CNC(=O)NC2CCCCC2)c1. The molecule has 7 heteroatoms. The van der Waals surface area contributed by atoms with Gasteiger partial charge in [-0.3, -0.25) is 9.59 Å². The van der Waals surface area contributed by atoms with Crippen molar-refractivity contribution in [1.82, 2.24) is 10.6 Å². The summed E-state index contributed by atoms with van der Waals surface area (Å²) < 4.78 is 0. The number of rotatable bonds is 6. The fourth-order valence-corrected chi connectivity index (χ4v) is 2.88. The first-order valence-corrected chi connectivity index (χ1v) is 8.62. The Kier molecular flexibility index (Phi) is 6.80. The molecule has 1 aromatic rings. The molecule has 0 aliphatic heterocycles. The normalized spacial score (nSPS) is 15.9. The Hall–Kier alpha value is -2.57. The van der Waals surface area contributed by atoms with Crippen molar-refractivity contribution in [1.29, 1.82) is 0 Å². The number of carbonyl (C=O) groups excluding carboxylic acids is 2. The monoisotopic (exact) mass is 347 g/mol. The fraction of sp³-hybridized carbons (Fsp3) is 0.500. The summed E-state index contributed by atoms with van der Waals surface area (Å²) in [6, 6.07) is 6.54. The van der Waals surface area contributed by atoms with Crippen molar-refractivity contribution < 1.29 is 19.5 Å². The van der Waals surface area contributed by atoms with Crippen LogP contribution in [0.5, 0.6) is 0 Å². The number of hydrogen-bond donors (Lipinski definition) is 4. The molecule has 1 fully saturated rings. The van der Waals surface area contributed by atoms with Gasteiger partial charge in [-0.2, -0.15) is 0 Å². The van der Waals surface area contributed by atoms with Gasteiger partial charge in [-0.05, 0) is 37.5 Å². The number of carbonyl (C=O) groups is 3. The molecular formula is C18H25N3O4. The van der Waals surface area contributed by atoms with E-state index >= 15 is 0 Å². The second-order valence-corrected chi connectivity index (χ2v) is 6.40. The molecule has 136 valence electrons. The van der Waals surface area contributed by atoms with E-state index < -0.39 is 11.9 Å². The molecule has 0 heterocycles. The highest BCUT2D eigenvalue weighted by Gasteiger charge is 2.16. The van der Waals surface area contributed by atoms with Gasteiger partial charge in [0, 0.05) is 11.7 Å². The third kappa shape index (κ3) is 6.10. The van der Waals surface area contributed by atoms with E-state index in [2.05, 4.69) is 16.0 Å². The van der Waals surface area contributed by atoms with E-state index in [0.717, 1.165) is 25.7 Å². The summed E-state index contributed by atoms with van der Waals surface area (Å²) in [7, 11) is 0. The van der Waals surface area contributed by atoms with Crippen LogP contribution >= 0.6 is 0 Å². The molecule has 1 aliphatic carbocycles. The van der Waals surface area contributed by atoms with Crippen LogP contribution in [0.25, 0.3) is 0 Å². The summed E-state index contributed by atoms with van der Waals surface area (Å²) in [5.41, 5.74) is 1.11. The zero-order chi connectivity index (χ0) is 18.2. The molecule has 0 spiro atoms. The minimum atomic E-state index is -0.926. The van der Waals surface area contributed by atoms with Crippen LogP contribution in [-0.4, -0.2) is 35.6 Å². The van der Waals surface area contributed by atoms with Crippen LogP contribution in [0.2, 0.25) is 0 Å². The van der Waals surface area contributed by atoms with Gasteiger partial charge in [0.05, 0.1) is 12.5 Å². The molecule has 1 aromatic carbocycles. The summed E-state index contributed by atoms with van der Waals surface area (Å²) in [6.45, 7) is 1.44. The maximum Gasteiger partial charge on any atom is 0.315 e. The molecule has 0 bridgehead atoms. The van der Waals surface area contributed by atoms with Crippen molar-refractivity contribution >= 4 is 23.6 Å². The number of hydrogen-bond acceptors (Lipinski definition) is 3. The molecule has 7 nitrogen and oxygen atoms in total. The number of benzene rings is 1. The minimum Gasteiger partial charge on any atom is -0.481 e. The molecule has 4 N–H and O–H groups in total. The van der Waals surface area contributed by atoms with Crippen LogP contribution < -0.4 is 16.0 Å². The Morgan fingerprint density at radius 1 is 1.20 bits per heavy atom. The molecule has 2 rings (SSSR count). The number of carboxylic acids is 1. The zero-order valence-corrected chi connectivity index (χ0v) is 14.4. The Morgan fingerprint density at radius 3 is 2.60 bits per heavy atom. The van der Waals surface area contributed by atoms with E-state index in [1.807, 2.05) is 0 Å².